The summed E-state index contributed by atoms with van der Waals surface area (Å²) in [5, 5.41) is 3.60. The molecule has 1 saturated heterocycles. The van der Waals surface area contributed by atoms with E-state index in [4.69, 9.17) is 5.73 Å². The highest BCUT2D eigenvalue weighted by Gasteiger charge is 2.25. The molecule has 0 saturated carbocycles. The lowest BCUT2D eigenvalue weighted by atomic mass is 9.97. The lowest BCUT2D eigenvalue weighted by molar-refractivity contribution is -0.122. The van der Waals surface area contributed by atoms with Crippen molar-refractivity contribution in [3.05, 3.63) is 53.7 Å². The van der Waals surface area contributed by atoms with E-state index in [1.54, 1.807) is 0 Å². The molecule has 1 amide bonds. The fourth-order valence-electron chi connectivity index (χ4n) is 3.98. The minimum atomic E-state index is -0.206. The quantitative estimate of drug-likeness (QED) is 0.900. The Balaban J connectivity index is 1.43. The molecule has 5 heteroatoms. The number of aromatic nitrogens is 1. The normalized spacial score (nSPS) is 22.5. The molecule has 2 atom stereocenters. The maximum atomic E-state index is 11.4. The smallest absolute Gasteiger partial charge is 0.222 e. The Labute approximate surface area is 148 Å². The van der Waals surface area contributed by atoms with Crippen molar-refractivity contribution in [1.82, 2.24) is 4.98 Å². The molecule has 0 radical (unpaired) electrons. The maximum absolute atomic E-state index is 11.4. The summed E-state index contributed by atoms with van der Waals surface area (Å²) in [6, 6.07) is 13.1. The summed E-state index contributed by atoms with van der Waals surface area (Å²) in [5.41, 5.74) is 9.34. The fraction of sp³-hybridized carbons (Fsp3) is 0.400. The van der Waals surface area contributed by atoms with Gasteiger partial charge in [0.25, 0.3) is 0 Å². The van der Waals surface area contributed by atoms with Gasteiger partial charge in [0, 0.05) is 13.1 Å². The van der Waals surface area contributed by atoms with Gasteiger partial charge in [0.05, 0.1) is 23.8 Å². The molecule has 1 aromatic carbocycles. The number of hydrogen-bond acceptors (Lipinski definition) is 4. The fourth-order valence-corrected chi connectivity index (χ4v) is 3.98. The van der Waals surface area contributed by atoms with E-state index < -0.39 is 0 Å². The van der Waals surface area contributed by atoms with Gasteiger partial charge in [-0.3, -0.25) is 4.79 Å². The number of piperidine rings is 1. The molecular weight excluding hydrogens is 312 g/mol. The van der Waals surface area contributed by atoms with E-state index in [2.05, 4.69) is 45.5 Å². The Hall–Kier alpha value is -2.56. The van der Waals surface area contributed by atoms with Crippen LogP contribution in [0.1, 0.15) is 36.4 Å². The molecule has 1 aromatic heterocycles. The number of primary amides is 1. The van der Waals surface area contributed by atoms with E-state index in [1.165, 1.54) is 11.1 Å². The molecule has 2 unspecified atom stereocenters. The van der Waals surface area contributed by atoms with E-state index in [0.717, 1.165) is 43.7 Å². The number of carbonyl (C=O) groups excluding carboxylic acids is 1. The number of hydrogen-bond donors (Lipinski definition) is 2. The number of fused-ring (bicyclic) bond motifs is 1. The summed E-state index contributed by atoms with van der Waals surface area (Å²) >= 11 is 0. The van der Waals surface area contributed by atoms with Crippen LogP contribution in [-0.4, -0.2) is 24.0 Å². The Kier molecular flexibility index (Phi) is 4.30. The van der Waals surface area contributed by atoms with Crippen LogP contribution in [0.2, 0.25) is 0 Å². The lowest BCUT2D eigenvalue weighted by Gasteiger charge is -2.32. The minimum Gasteiger partial charge on any atom is -0.377 e. The third-order valence-corrected chi connectivity index (χ3v) is 5.37. The number of aryl methyl sites for hydroxylation is 1. The number of nitrogens with one attached hydrogen (secondary N) is 1. The molecule has 2 aliphatic rings. The SMILES string of the molecule is NC(=O)C1CCCN(c2ccc(NC3CCc4ccccc43)cn2)C1. The second kappa shape index (κ2) is 6.75. The number of nitrogens with zero attached hydrogens (tertiary/aromatic N) is 2. The standard InChI is InChI=1S/C20H24N4O/c21-20(25)15-5-3-11-24(13-15)19-10-8-16(12-22-19)23-18-9-7-14-4-1-2-6-17(14)18/h1-2,4,6,8,10,12,15,18,23H,3,5,7,9,11,13H2,(H2,21,25). The Morgan fingerprint density at radius 2 is 2.08 bits per heavy atom. The summed E-state index contributed by atoms with van der Waals surface area (Å²) < 4.78 is 0. The maximum Gasteiger partial charge on any atom is 0.222 e. The van der Waals surface area contributed by atoms with Gasteiger partial charge in [-0.15, -0.1) is 0 Å². The van der Waals surface area contributed by atoms with E-state index in [1.807, 2.05) is 12.3 Å². The van der Waals surface area contributed by atoms with Gasteiger partial charge in [0.1, 0.15) is 5.82 Å². The summed E-state index contributed by atoms with van der Waals surface area (Å²) in [6.07, 6.45) is 6.00. The highest BCUT2D eigenvalue weighted by Crippen LogP contribution is 2.33. The van der Waals surface area contributed by atoms with Crippen molar-refractivity contribution in [3.8, 4) is 0 Å². The van der Waals surface area contributed by atoms with Crippen molar-refractivity contribution in [1.29, 1.82) is 0 Å². The van der Waals surface area contributed by atoms with Crippen molar-refractivity contribution >= 4 is 17.4 Å². The predicted molar refractivity (Wildman–Crippen MR) is 99.5 cm³/mol. The van der Waals surface area contributed by atoms with Gasteiger partial charge >= 0.3 is 0 Å². The second-order valence-electron chi connectivity index (χ2n) is 7.03. The first-order valence-corrected chi connectivity index (χ1v) is 9.05. The molecule has 1 aliphatic heterocycles. The van der Waals surface area contributed by atoms with Gasteiger partial charge in [-0.05, 0) is 48.9 Å². The molecule has 5 nitrogen and oxygen atoms in total. The first kappa shape index (κ1) is 15.9. The van der Waals surface area contributed by atoms with Crippen molar-refractivity contribution in [2.75, 3.05) is 23.3 Å². The molecule has 25 heavy (non-hydrogen) atoms. The number of anilines is 2. The van der Waals surface area contributed by atoms with Crippen molar-refractivity contribution in [3.63, 3.8) is 0 Å². The molecule has 1 aliphatic carbocycles. The Bertz CT molecular complexity index is 759. The van der Waals surface area contributed by atoms with Gasteiger partial charge in [-0.2, -0.15) is 0 Å². The zero-order valence-electron chi connectivity index (χ0n) is 14.3. The van der Waals surface area contributed by atoms with Crippen LogP contribution in [0.25, 0.3) is 0 Å². The molecule has 0 spiro atoms. The van der Waals surface area contributed by atoms with Crippen LogP contribution in [0, 0.1) is 5.92 Å². The average molecular weight is 336 g/mol. The molecule has 0 bridgehead atoms. The second-order valence-corrected chi connectivity index (χ2v) is 7.03. The van der Waals surface area contributed by atoms with E-state index >= 15 is 0 Å². The van der Waals surface area contributed by atoms with Gasteiger partial charge in [0.2, 0.25) is 5.91 Å². The summed E-state index contributed by atoms with van der Waals surface area (Å²) in [7, 11) is 0. The largest absolute Gasteiger partial charge is 0.377 e. The Morgan fingerprint density at radius 1 is 1.20 bits per heavy atom. The molecule has 4 rings (SSSR count). The number of carbonyl (C=O) groups is 1. The molecule has 2 aromatic rings. The number of amides is 1. The van der Waals surface area contributed by atoms with Gasteiger partial charge in [-0.1, -0.05) is 24.3 Å². The molecule has 1 fully saturated rings. The predicted octanol–water partition coefficient (Wildman–Crippen LogP) is 2.88. The van der Waals surface area contributed by atoms with Gasteiger partial charge in [-0.25, -0.2) is 4.98 Å². The molecular formula is C20H24N4O. The highest BCUT2D eigenvalue weighted by atomic mass is 16.1. The summed E-state index contributed by atoms with van der Waals surface area (Å²) in [6.45, 7) is 1.60. The first-order chi connectivity index (χ1) is 12.2. The number of rotatable bonds is 4. The van der Waals surface area contributed by atoms with Crippen LogP contribution in [-0.2, 0) is 11.2 Å². The van der Waals surface area contributed by atoms with Crippen LogP contribution in [0.5, 0.6) is 0 Å². The van der Waals surface area contributed by atoms with Crippen molar-refractivity contribution in [2.24, 2.45) is 11.7 Å². The molecule has 2 heterocycles. The monoisotopic (exact) mass is 336 g/mol. The topological polar surface area (TPSA) is 71.2 Å². The third kappa shape index (κ3) is 3.31. The van der Waals surface area contributed by atoms with Gasteiger partial charge < -0.3 is 16.0 Å². The third-order valence-electron chi connectivity index (χ3n) is 5.37. The lowest BCUT2D eigenvalue weighted by Crippen LogP contribution is -2.41. The summed E-state index contributed by atoms with van der Waals surface area (Å²) in [5.74, 6) is 0.648. The van der Waals surface area contributed by atoms with Crippen LogP contribution in [0.4, 0.5) is 11.5 Å². The van der Waals surface area contributed by atoms with E-state index in [-0.39, 0.29) is 11.8 Å². The zero-order chi connectivity index (χ0) is 17.2. The number of pyridine rings is 1. The number of benzene rings is 1. The Morgan fingerprint density at radius 3 is 2.88 bits per heavy atom. The first-order valence-electron chi connectivity index (χ1n) is 9.05. The summed E-state index contributed by atoms with van der Waals surface area (Å²) in [4.78, 5) is 18.2. The minimum absolute atomic E-state index is 0.0664. The van der Waals surface area contributed by atoms with E-state index in [9.17, 15) is 4.79 Å². The van der Waals surface area contributed by atoms with E-state index in [0.29, 0.717) is 12.6 Å². The van der Waals surface area contributed by atoms with Crippen molar-refractivity contribution in [2.45, 2.75) is 31.7 Å². The van der Waals surface area contributed by atoms with Crippen LogP contribution in [0.15, 0.2) is 42.6 Å². The molecule has 3 N–H and O–H groups in total. The van der Waals surface area contributed by atoms with Crippen LogP contribution in [0.3, 0.4) is 0 Å². The number of nitrogens with two attached hydrogens (primary N) is 1. The highest BCUT2D eigenvalue weighted by molar-refractivity contribution is 5.77. The van der Waals surface area contributed by atoms with Crippen LogP contribution < -0.4 is 16.0 Å². The molecule has 130 valence electrons. The van der Waals surface area contributed by atoms with Crippen molar-refractivity contribution < 1.29 is 4.79 Å². The average Bonchev–Trinajstić information content (AvgIpc) is 3.05. The van der Waals surface area contributed by atoms with Gasteiger partial charge in [0.15, 0.2) is 0 Å². The van der Waals surface area contributed by atoms with Crippen LogP contribution >= 0.6 is 0 Å². The zero-order valence-corrected chi connectivity index (χ0v) is 14.3.